The molecule has 0 amide bonds. The molecule has 35 heavy (non-hydrogen) atoms. The van der Waals surface area contributed by atoms with Gasteiger partial charge in [-0.25, -0.2) is 9.79 Å². The molecule has 8 heteroatoms. The fourth-order valence-corrected chi connectivity index (χ4v) is 4.92. The van der Waals surface area contributed by atoms with E-state index >= 15 is 0 Å². The van der Waals surface area contributed by atoms with Gasteiger partial charge in [-0.05, 0) is 43.7 Å². The molecule has 7 nitrogen and oxygen atoms in total. The Kier molecular flexibility index (Phi) is 7.18. The van der Waals surface area contributed by atoms with Crippen LogP contribution in [0, 0.1) is 12.3 Å². The molecule has 0 unspecified atom stereocenters. The number of ether oxygens (including phenoxy) is 3. The highest BCUT2D eigenvalue weighted by Crippen LogP contribution is 2.31. The lowest BCUT2D eigenvalue weighted by Gasteiger charge is -2.24. The second-order valence-corrected chi connectivity index (χ2v) is 8.62. The zero-order chi connectivity index (χ0) is 24.9. The molecule has 4 rings (SSSR count). The average molecular weight is 489 g/mol. The number of hydrogen-bond donors (Lipinski definition) is 0. The molecule has 1 aliphatic rings. The molecular weight excluding hydrogens is 464 g/mol. The van der Waals surface area contributed by atoms with E-state index in [1.54, 1.807) is 49.8 Å². The maximum Gasteiger partial charge on any atom is 0.338 e. The van der Waals surface area contributed by atoms with Gasteiger partial charge >= 0.3 is 5.97 Å². The highest BCUT2D eigenvalue weighted by Gasteiger charge is 2.33. The molecule has 0 saturated carbocycles. The molecule has 1 aromatic heterocycles. The number of fused-ring (bicyclic) bond motifs is 1. The summed E-state index contributed by atoms with van der Waals surface area (Å²) in [4.78, 5) is 31.7. The van der Waals surface area contributed by atoms with E-state index in [1.165, 1.54) is 11.3 Å². The molecule has 1 aliphatic heterocycles. The van der Waals surface area contributed by atoms with Crippen molar-refractivity contribution in [1.82, 2.24) is 4.57 Å². The number of thiazole rings is 1. The normalized spacial score (nSPS) is 15.1. The van der Waals surface area contributed by atoms with Crippen LogP contribution in [0.1, 0.15) is 31.0 Å². The van der Waals surface area contributed by atoms with Crippen LogP contribution in [-0.4, -0.2) is 30.9 Å². The van der Waals surface area contributed by atoms with Crippen molar-refractivity contribution in [2.75, 3.05) is 20.3 Å². The van der Waals surface area contributed by atoms with E-state index in [-0.39, 0.29) is 18.8 Å². The van der Waals surface area contributed by atoms with Gasteiger partial charge in [0.2, 0.25) is 0 Å². The second kappa shape index (κ2) is 10.5. The molecule has 0 saturated heterocycles. The van der Waals surface area contributed by atoms with Gasteiger partial charge in [-0.3, -0.25) is 9.36 Å². The van der Waals surface area contributed by atoms with Crippen molar-refractivity contribution >= 4 is 23.4 Å². The number of terminal acetylenes is 1. The Hall–Kier alpha value is -4.09. The minimum Gasteiger partial charge on any atom is -0.497 e. The van der Waals surface area contributed by atoms with Crippen LogP contribution in [0.4, 0.5) is 0 Å². The van der Waals surface area contributed by atoms with E-state index < -0.39 is 12.0 Å². The summed E-state index contributed by atoms with van der Waals surface area (Å²) in [6, 6.07) is 13.9. The van der Waals surface area contributed by atoms with Gasteiger partial charge < -0.3 is 14.2 Å². The van der Waals surface area contributed by atoms with Crippen LogP contribution in [0.15, 0.2) is 69.6 Å². The fourth-order valence-electron chi connectivity index (χ4n) is 3.88. The Bertz CT molecular complexity index is 1510. The molecule has 0 spiro atoms. The third kappa shape index (κ3) is 4.77. The third-order valence-corrected chi connectivity index (χ3v) is 6.45. The summed E-state index contributed by atoms with van der Waals surface area (Å²) in [6.07, 6.45) is 7.08. The van der Waals surface area contributed by atoms with Crippen molar-refractivity contribution in [2.24, 2.45) is 4.99 Å². The van der Waals surface area contributed by atoms with Gasteiger partial charge in [-0.15, -0.1) is 6.42 Å². The molecule has 0 N–H and O–H groups in total. The summed E-state index contributed by atoms with van der Waals surface area (Å²) >= 11 is 1.25. The third-order valence-electron chi connectivity index (χ3n) is 5.47. The monoisotopic (exact) mass is 488 g/mol. The summed E-state index contributed by atoms with van der Waals surface area (Å²) < 4.78 is 18.2. The van der Waals surface area contributed by atoms with Crippen molar-refractivity contribution in [3.63, 3.8) is 0 Å². The van der Waals surface area contributed by atoms with Gasteiger partial charge in [0.05, 0.1) is 35.6 Å². The predicted octanol–water partition coefficient (Wildman–Crippen LogP) is 2.82. The number of carbonyl (C=O) groups is 1. The Labute approximate surface area is 206 Å². The van der Waals surface area contributed by atoms with Gasteiger partial charge in [-0.1, -0.05) is 47.6 Å². The van der Waals surface area contributed by atoms with E-state index in [9.17, 15) is 9.59 Å². The molecule has 2 aromatic carbocycles. The number of allylic oxidation sites excluding steroid dienone is 1. The number of rotatable bonds is 7. The summed E-state index contributed by atoms with van der Waals surface area (Å²) in [5.74, 6) is 3.19. The smallest absolute Gasteiger partial charge is 0.338 e. The summed E-state index contributed by atoms with van der Waals surface area (Å²) in [5, 5.41) is 0. The number of methoxy groups -OCH3 is 1. The number of esters is 1. The van der Waals surface area contributed by atoms with E-state index in [1.807, 2.05) is 30.3 Å². The molecular formula is C27H24N2O5S. The standard InChI is InChI=1S/C27H24N2O5S/c1-5-15-34-21-10-8-7-9-19(21)16-22-25(30)29-24(18-11-13-20(32-4)14-12-18)23(26(31)33-6-2)17(3)28-27(29)35-22/h1,7-14,16,24H,6,15H2,2-4H3/b22-16+/t24-/m1/s1. The van der Waals surface area contributed by atoms with E-state index in [4.69, 9.17) is 20.6 Å². The lowest BCUT2D eigenvalue weighted by atomic mass is 9.96. The number of para-hydroxylation sites is 1. The van der Waals surface area contributed by atoms with Crippen molar-refractivity contribution in [3.05, 3.63) is 90.6 Å². The second-order valence-electron chi connectivity index (χ2n) is 7.61. The van der Waals surface area contributed by atoms with Crippen LogP contribution in [0.5, 0.6) is 11.5 Å². The number of benzene rings is 2. The van der Waals surface area contributed by atoms with Gasteiger partial charge in [0.1, 0.15) is 18.1 Å². The number of nitrogens with zero attached hydrogens (tertiary/aromatic N) is 2. The van der Waals surface area contributed by atoms with E-state index in [0.29, 0.717) is 32.1 Å². The van der Waals surface area contributed by atoms with Crippen LogP contribution >= 0.6 is 11.3 Å². The first-order valence-corrected chi connectivity index (χ1v) is 11.8. The van der Waals surface area contributed by atoms with E-state index in [2.05, 4.69) is 10.9 Å². The van der Waals surface area contributed by atoms with Crippen LogP contribution in [0.25, 0.3) is 6.08 Å². The molecule has 1 atom stereocenters. The Morgan fingerprint density at radius 2 is 1.97 bits per heavy atom. The Morgan fingerprint density at radius 3 is 2.66 bits per heavy atom. The molecule has 0 fully saturated rings. The SMILES string of the molecule is C#CCOc1ccccc1/C=c1/sc2n(c1=O)[C@H](c1ccc(OC)cc1)C(C(=O)OCC)=C(C)N=2. The van der Waals surface area contributed by atoms with Crippen LogP contribution in [0.2, 0.25) is 0 Å². The molecule has 0 radical (unpaired) electrons. The van der Waals surface area contributed by atoms with Gasteiger partial charge in [0.15, 0.2) is 4.80 Å². The molecule has 3 aromatic rings. The summed E-state index contributed by atoms with van der Waals surface area (Å²) in [5.41, 5.74) is 2.03. The van der Waals surface area contributed by atoms with Crippen molar-refractivity contribution in [2.45, 2.75) is 19.9 Å². The molecule has 178 valence electrons. The molecule has 0 aliphatic carbocycles. The number of hydrogen-bond acceptors (Lipinski definition) is 7. The van der Waals surface area contributed by atoms with Crippen LogP contribution in [0.3, 0.4) is 0 Å². The first-order valence-electron chi connectivity index (χ1n) is 11.0. The maximum atomic E-state index is 13.7. The zero-order valence-corrected chi connectivity index (χ0v) is 20.4. The fraction of sp³-hybridized carbons (Fsp3) is 0.222. The van der Waals surface area contributed by atoms with E-state index in [0.717, 1.165) is 11.1 Å². The van der Waals surface area contributed by atoms with Gasteiger partial charge in [0.25, 0.3) is 5.56 Å². The first-order chi connectivity index (χ1) is 17.0. The Morgan fingerprint density at radius 1 is 1.23 bits per heavy atom. The lowest BCUT2D eigenvalue weighted by Crippen LogP contribution is -2.39. The lowest BCUT2D eigenvalue weighted by molar-refractivity contribution is -0.139. The van der Waals surface area contributed by atoms with Gasteiger partial charge in [-0.2, -0.15) is 0 Å². The largest absolute Gasteiger partial charge is 0.497 e. The van der Waals surface area contributed by atoms with Crippen molar-refractivity contribution in [3.8, 4) is 23.8 Å². The summed E-state index contributed by atoms with van der Waals surface area (Å²) in [6.45, 7) is 3.82. The van der Waals surface area contributed by atoms with Crippen molar-refractivity contribution in [1.29, 1.82) is 0 Å². The topological polar surface area (TPSA) is 79.1 Å². The first kappa shape index (κ1) is 24.0. The predicted molar refractivity (Wildman–Crippen MR) is 134 cm³/mol. The van der Waals surface area contributed by atoms with Crippen LogP contribution < -0.4 is 24.4 Å². The zero-order valence-electron chi connectivity index (χ0n) is 19.6. The highest BCUT2D eigenvalue weighted by atomic mass is 32.1. The molecule has 2 heterocycles. The van der Waals surface area contributed by atoms with Crippen LogP contribution in [-0.2, 0) is 9.53 Å². The minimum absolute atomic E-state index is 0.117. The molecule has 0 bridgehead atoms. The average Bonchev–Trinajstić information content (AvgIpc) is 3.17. The number of aromatic nitrogens is 1. The van der Waals surface area contributed by atoms with Gasteiger partial charge in [0, 0.05) is 5.56 Å². The number of carbonyl (C=O) groups excluding carboxylic acids is 1. The maximum absolute atomic E-state index is 13.7. The highest BCUT2D eigenvalue weighted by molar-refractivity contribution is 7.07. The minimum atomic E-state index is -0.689. The quantitative estimate of drug-likeness (QED) is 0.378. The van der Waals surface area contributed by atoms with Crippen molar-refractivity contribution < 1.29 is 19.0 Å². The summed E-state index contributed by atoms with van der Waals surface area (Å²) in [7, 11) is 1.58. The Balaban J connectivity index is 1.92.